The molecule has 150 valence electrons. The number of aliphatic hydroxyl groups excluding tert-OH is 1. The van der Waals surface area contributed by atoms with Gasteiger partial charge in [-0.3, -0.25) is 9.79 Å². The molecular formula is C19H29FN4O3. The topological polar surface area (TPSA) is 100 Å². The summed E-state index contributed by atoms with van der Waals surface area (Å²) in [4.78, 5) is 17.8. The Balaban J connectivity index is 1.87. The van der Waals surface area contributed by atoms with Crippen molar-refractivity contribution in [3.05, 3.63) is 30.1 Å². The third-order valence-corrected chi connectivity index (χ3v) is 4.35. The minimum atomic E-state index is -0.782. The highest BCUT2D eigenvalue weighted by molar-refractivity contribution is 5.80. The molecule has 0 saturated carbocycles. The molecule has 2 unspecified atom stereocenters. The summed E-state index contributed by atoms with van der Waals surface area (Å²) in [5, 5.41) is 13.4. The van der Waals surface area contributed by atoms with Crippen LogP contribution in [0, 0.1) is 11.7 Å². The van der Waals surface area contributed by atoms with Crippen LogP contribution >= 0.6 is 0 Å². The Morgan fingerprint density at radius 3 is 2.89 bits per heavy atom. The zero-order valence-corrected chi connectivity index (χ0v) is 15.7. The number of rotatable bonds is 8. The first-order chi connectivity index (χ1) is 13.0. The van der Waals surface area contributed by atoms with Gasteiger partial charge < -0.3 is 25.8 Å². The average molecular weight is 380 g/mol. The van der Waals surface area contributed by atoms with E-state index in [1.165, 1.54) is 24.3 Å². The number of benzene rings is 1. The van der Waals surface area contributed by atoms with Crippen molar-refractivity contribution in [2.75, 3.05) is 32.8 Å². The number of nitrogens with one attached hydrogen (secondary N) is 1. The van der Waals surface area contributed by atoms with E-state index in [2.05, 4.69) is 15.2 Å². The maximum atomic E-state index is 12.9. The molecule has 1 aliphatic heterocycles. The van der Waals surface area contributed by atoms with Crippen LogP contribution in [0.3, 0.4) is 0 Å². The molecule has 1 fully saturated rings. The first kappa shape index (κ1) is 21.0. The molecule has 1 heterocycles. The highest BCUT2D eigenvalue weighted by atomic mass is 19.1. The number of halogens is 1. The Labute approximate surface area is 159 Å². The lowest BCUT2D eigenvalue weighted by Crippen LogP contribution is -2.47. The molecule has 8 heteroatoms. The number of amides is 1. The number of hydrogen-bond donors (Lipinski definition) is 3. The van der Waals surface area contributed by atoms with Crippen molar-refractivity contribution in [2.45, 2.75) is 32.3 Å². The Hall–Kier alpha value is -2.35. The lowest BCUT2D eigenvalue weighted by molar-refractivity contribution is -0.119. The van der Waals surface area contributed by atoms with Crippen LogP contribution in [0.15, 0.2) is 29.3 Å². The molecule has 1 amide bonds. The van der Waals surface area contributed by atoms with Crippen molar-refractivity contribution in [1.29, 1.82) is 0 Å². The summed E-state index contributed by atoms with van der Waals surface area (Å²) in [5.41, 5.74) is 5.32. The fraction of sp³-hybridized carbons (Fsp3) is 0.579. The first-order valence-corrected chi connectivity index (χ1v) is 9.36. The van der Waals surface area contributed by atoms with Crippen LogP contribution < -0.4 is 15.8 Å². The van der Waals surface area contributed by atoms with Crippen LogP contribution in [-0.4, -0.2) is 60.8 Å². The van der Waals surface area contributed by atoms with E-state index in [1.807, 2.05) is 6.92 Å². The van der Waals surface area contributed by atoms with Crippen LogP contribution in [0.1, 0.15) is 26.2 Å². The molecule has 2 rings (SSSR count). The van der Waals surface area contributed by atoms with Crippen LogP contribution in [-0.2, 0) is 4.79 Å². The number of likely N-dealkylation sites (tertiary alicyclic amines) is 1. The van der Waals surface area contributed by atoms with Crippen molar-refractivity contribution >= 4 is 11.9 Å². The smallest absolute Gasteiger partial charge is 0.217 e. The minimum absolute atomic E-state index is 0.0683. The van der Waals surface area contributed by atoms with Gasteiger partial charge in [-0.25, -0.2) is 4.39 Å². The highest BCUT2D eigenvalue weighted by Crippen LogP contribution is 2.19. The minimum Gasteiger partial charge on any atom is -0.491 e. The predicted octanol–water partition coefficient (Wildman–Crippen LogP) is 1.12. The number of aliphatic hydroxyl groups is 1. The van der Waals surface area contributed by atoms with Crippen LogP contribution in [0.4, 0.5) is 4.39 Å². The third kappa shape index (κ3) is 7.42. The van der Waals surface area contributed by atoms with E-state index in [9.17, 15) is 14.3 Å². The Morgan fingerprint density at radius 2 is 2.22 bits per heavy atom. The number of hydrogen-bond acceptors (Lipinski definition) is 4. The molecule has 4 N–H and O–H groups in total. The number of nitrogens with two attached hydrogens (primary N) is 1. The van der Waals surface area contributed by atoms with Crippen LogP contribution in [0.25, 0.3) is 0 Å². The fourth-order valence-electron chi connectivity index (χ4n) is 3.10. The van der Waals surface area contributed by atoms with Crippen molar-refractivity contribution in [3.63, 3.8) is 0 Å². The second kappa shape index (κ2) is 10.7. The molecule has 1 aromatic rings. The molecule has 0 aromatic heterocycles. The lowest BCUT2D eigenvalue weighted by Gasteiger charge is -2.34. The quantitative estimate of drug-likeness (QED) is 0.464. The summed E-state index contributed by atoms with van der Waals surface area (Å²) in [6.07, 6.45) is 1.55. The molecule has 0 bridgehead atoms. The molecule has 2 atom stereocenters. The number of ether oxygens (including phenoxy) is 1. The Kier molecular flexibility index (Phi) is 8.32. The van der Waals surface area contributed by atoms with Crippen LogP contribution in [0.2, 0.25) is 0 Å². The van der Waals surface area contributed by atoms with Crippen molar-refractivity contribution in [1.82, 2.24) is 10.2 Å². The molecule has 27 heavy (non-hydrogen) atoms. The van der Waals surface area contributed by atoms with Gasteiger partial charge in [0.2, 0.25) is 5.91 Å². The maximum Gasteiger partial charge on any atom is 0.217 e. The Morgan fingerprint density at radius 1 is 1.48 bits per heavy atom. The first-order valence-electron chi connectivity index (χ1n) is 9.36. The highest BCUT2D eigenvalue weighted by Gasteiger charge is 2.23. The van der Waals surface area contributed by atoms with E-state index in [4.69, 9.17) is 10.5 Å². The molecular weight excluding hydrogens is 351 g/mol. The van der Waals surface area contributed by atoms with Gasteiger partial charge in [-0.05, 0) is 49.9 Å². The van der Waals surface area contributed by atoms with Gasteiger partial charge in [-0.1, -0.05) is 0 Å². The predicted molar refractivity (Wildman–Crippen MR) is 102 cm³/mol. The van der Waals surface area contributed by atoms with Gasteiger partial charge in [0.05, 0.1) is 6.54 Å². The van der Waals surface area contributed by atoms with E-state index >= 15 is 0 Å². The van der Waals surface area contributed by atoms with Gasteiger partial charge in [0.15, 0.2) is 5.96 Å². The molecule has 0 aliphatic carbocycles. The van der Waals surface area contributed by atoms with E-state index < -0.39 is 6.10 Å². The summed E-state index contributed by atoms with van der Waals surface area (Å²) in [6, 6.07) is 5.65. The second-order valence-electron chi connectivity index (χ2n) is 6.74. The summed E-state index contributed by atoms with van der Waals surface area (Å²) < 4.78 is 18.3. The largest absolute Gasteiger partial charge is 0.491 e. The van der Waals surface area contributed by atoms with Crippen LogP contribution in [0.5, 0.6) is 5.75 Å². The zero-order chi connectivity index (χ0) is 19.6. The number of primary amides is 1. The number of carbonyl (C=O) groups excluding carboxylic acids is 1. The van der Waals surface area contributed by atoms with Crippen molar-refractivity contribution in [3.8, 4) is 5.75 Å². The van der Waals surface area contributed by atoms with E-state index in [0.717, 1.165) is 25.9 Å². The molecule has 0 spiro atoms. The molecule has 1 aromatic carbocycles. The molecule has 1 aliphatic rings. The number of piperidine rings is 1. The maximum absolute atomic E-state index is 12.9. The summed E-state index contributed by atoms with van der Waals surface area (Å²) in [5.74, 6) is 0.826. The molecule has 0 radical (unpaired) electrons. The van der Waals surface area contributed by atoms with Gasteiger partial charge in [-0.15, -0.1) is 0 Å². The average Bonchev–Trinajstić information content (AvgIpc) is 2.64. The summed E-state index contributed by atoms with van der Waals surface area (Å²) >= 11 is 0. The number of aliphatic imine (C=N–C) groups is 1. The van der Waals surface area contributed by atoms with E-state index in [1.54, 1.807) is 0 Å². The second-order valence-corrected chi connectivity index (χ2v) is 6.74. The monoisotopic (exact) mass is 380 g/mol. The molecule has 7 nitrogen and oxygen atoms in total. The van der Waals surface area contributed by atoms with Gasteiger partial charge in [0, 0.05) is 26.1 Å². The zero-order valence-electron chi connectivity index (χ0n) is 15.7. The SMILES string of the molecule is CCNC(=NCC(O)COc1ccc(F)cc1)N1CCCC(CC(N)=O)C1. The lowest BCUT2D eigenvalue weighted by atomic mass is 9.95. The Bertz CT molecular complexity index is 624. The summed E-state index contributed by atoms with van der Waals surface area (Å²) in [7, 11) is 0. The number of nitrogens with zero attached hydrogens (tertiary/aromatic N) is 2. The van der Waals surface area contributed by atoms with Gasteiger partial charge in [0.25, 0.3) is 0 Å². The standard InChI is InChI=1S/C19H29FN4O3/c1-2-22-19(24-9-3-4-14(12-24)10-18(21)26)23-11-16(25)13-27-17-7-5-15(20)6-8-17/h5-8,14,16,25H,2-4,9-13H2,1H3,(H2,21,26)(H,22,23). The number of carbonyl (C=O) groups is 1. The van der Waals surface area contributed by atoms with Crippen molar-refractivity contribution in [2.24, 2.45) is 16.6 Å². The van der Waals surface area contributed by atoms with E-state index in [-0.39, 0.29) is 30.8 Å². The van der Waals surface area contributed by atoms with Gasteiger partial charge in [0.1, 0.15) is 24.3 Å². The van der Waals surface area contributed by atoms with E-state index in [0.29, 0.717) is 24.7 Å². The molecule has 1 saturated heterocycles. The summed E-state index contributed by atoms with van der Waals surface area (Å²) in [6.45, 7) is 4.51. The van der Waals surface area contributed by atoms with Gasteiger partial charge in [-0.2, -0.15) is 0 Å². The number of guanidine groups is 1. The van der Waals surface area contributed by atoms with Crippen molar-refractivity contribution < 1.29 is 19.0 Å². The third-order valence-electron chi connectivity index (χ3n) is 4.35. The normalized spacial score (nSPS) is 18.9. The fourth-order valence-corrected chi connectivity index (χ4v) is 3.10. The van der Waals surface area contributed by atoms with Gasteiger partial charge >= 0.3 is 0 Å².